The number of para-hydroxylation sites is 1. The lowest BCUT2D eigenvalue weighted by atomic mass is 10.0. The molecule has 0 saturated heterocycles. The molecule has 0 radical (unpaired) electrons. The van der Waals surface area contributed by atoms with E-state index in [1.807, 2.05) is 90.5 Å². The van der Waals surface area contributed by atoms with Gasteiger partial charge >= 0.3 is 0 Å². The summed E-state index contributed by atoms with van der Waals surface area (Å²) in [5.41, 5.74) is 7.04. The third kappa shape index (κ3) is 4.18. The minimum atomic E-state index is -0.449. The Bertz CT molecular complexity index is 1850. The number of nitrogens with one attached hydrogen (secondary N) is 1. The maximum atomic E-state index is 13.2. The molecule has 0 aliphatic rings. The van der Waals surface area contributed by atoms with Crippen LogP contribution in [0, 0.1) is 6.92 Å². The summed E-state index contributed by atoms with van der Waals surface area (Å²) < 4.78 is 1.81. The molecule has 0 aliphatic heterocycles. The van der Waals surface area contributed by atoms with E-state index in [2.05, 4.69) is 28.7 Å². The van der Waals surface area contributed by atoms with Crippen LogP contribution in [0.2, 0.25) is 0 Å². The average molecular weight is 497 g/mol. The molecular formula is C32H24N4O2. The number of amides is 1. The van der Waals surface area contributed by atoms with Crippen LogP contribution in [0.5, 0.6) is 5.75 Å². The van der Waals surface area contributed by atoms with Crippen LogP contribution in [-0.2, 0) is 0 Å². The Hall–Kier alpha value is -5.23. The highest BCUT2D eigenvalue weighted by Crippen LogP contribution is 2.32. The zero-order valence-corrected chi connectivity index (χ0v) is 20.7. The van der Waals surface area contributed by atoms with Crippen molar-refractivity contribution >= 4 is 33.7 Å². The SMILES string of the molecule is Cc1ccccc1-n1nc(C(=O)N/N=C\c2c(O)ccc3ccccc23)cc1-c1cccc2ccccc12. The molecule has 0 unspecified atom stereocenters. The van der Waals surface area contributed by atoms with Gasteiger partial charge in [0.2, 0.25) is 0 Å². The first-order chi connectivity index (χ1) is 18.6. The molecule has 6 nitrogen and oxygen atoms in total. The molecule has 0 bridgehead atoms. The van der Waals surface area contributed by atoms with Gasteiger partial charge in [0.1, 0.15) is 5.75 Å². The van der Waals surface area contributed by atoms with Gasteiger partial charge in [0.05, 0.1) is 17.6 Å². The molecule has 6 aromatic rings. The van der Waals surface area contributed by atoms with Gasteiger partial charge in [0.25, 0.3) is 5.91 Å². The number of aryl methyl sites for hydroxylation is 1. The molecule has 184 valence electrons. The number of hydrogen-bond donors (Lipinski definition) is 2. The fraction of sp³-hybridized carbons (Fsp3) is 0.0312. The number of rotatable bonds is 5. The summed E-state index contributed by atoms with van der Waals surface area (Å²) >= 11 is 0. The molecule has 0 aliphatic carbocycles. The van der Waals surface area contributed by atoms with E-state index in [0.717, 1.165) is 44.1 Å². The minimum Gasteiger partial charge on any atom is -0.507 e. The monoisotopic (exact) mass is 496 g/mol. The first-order valence-electron chi connectivity index (χ1n) is 12.3. The number of aromatic hydroxyl groups is 1. The number of fused-ring (bicyclic) bond motifs is 2. The molecule has 0 saturated carbocycles. The first-order valence-corrected chi connectivity index (χ1v) is 12.3. The Labute approximate surface area is 219 Å². The summed E-state index contributed by atoms with van der Waals surface area (Å²) in [6.45, 7) is 2.02. The Morgan fingerprint density at radius 3 is 2.34 bits per heavy atom. The van der Waals surface area contributed by atoms with Gasteiger partial charge in [-0.1, -0.05) is 91.0 Å². The van der Waals surface area contributed by atoms with Crippen LogP contribution >= 0.6 is 0 Å². The summed E-state index contributed by atoms with van der Waals surface area (Å²) in [5.74, 6) is -0.362. The lowest BCUT2D eigenvalue weighted by Crippen LogP contribution is -2.18. The number of aromatic nitrogens is 2. The normalized spacial score (nSPS) is 11.4. The molecule has 1 amide bonds. The number of hydrogen-bond acceptors (Lipinski definition) is 4. The van der Waals surface area contributed by atoms with Gasteiger partial charge < -0.3 is 5.11 Å². The number of carbonyl (C=O) groups is 1. The standard InChI is InChI=1S/C32H24N4O2/c1-21-9-2-7-16-29(21)36-30(26-15-8-12-22-10-3-5-13-24(22)26)19-28(35-36)32(38)34-33-20-27-25-14-6-4-11-23(25)17-18-31(27)37/h2-20,37H,1H3,(H,34,38)/b33-20-. The van der Waals surface area contributed by atoms with Crippen LogP contribution in [0.4, 0.5) is 0 Å². The number of hydrazone groups is 1. The summed E-state index contributed by atoms with van der Waals surface area (Å²) in [6, 6.07) is 35.1. The van der Waals surface area contributed by atoms with Crippen molar-refractivity contribution in [2.24, 2.45) is 5.10 Å². The maximum absolute atomic E-state index is 13.2. The molecule has 0 spiro atoms. The van der Waals surface area contributed by atoms with Crippen molar-refractivity contribution < 1.29 is 9.90 Å². The smallest absolute Gasteiger partial charge is 0.291 e. The van der Waals surface area contributed by atoms with Crippen LogP contribution < -0.4 is 5.43 Å². The highest BCUT2D eigenvalue weighted by Gasteiger charge is 2.19. The van der Waals surface area contributed by atoms with E-state index in [-0.39, 0.29) is 11.4 Å². The van der Waals surface area contributed by atoms with Gasteiger partial charge in [0, 0.05) is 11.1 Å². The molecule has 0 fully saturated rings. The molecule has 1 aromatic heterocycles. The van der Waals surface area contributed by atoms with E-state index in [0.29, 0.717) is 5.56 Å². The molecule has 6 heteroatoms. The second kappa shape index (κ2) is 9.67. The molecule has 5 aromatic carbocycles. The Morgan fingerprint density at radius 2 is 1.53 bits per heavy atom. The lowest BCUT2D eigenvalue weighted by Gasteiger charge is -2.12. The van der Waals surface area contributed by atoms with Crippen molar-refractivity contribution in [3.8, 4) is 22.7 Å². The third-order valence-corrected chi connectivity index (χ3v) is 6.66. The predicted octanol–water partition coefficient (Wildman–Crippen LogP) is 6.62. The summed E-state index contributed by atoms with van der Waals surface area (Å²) in [7, 11) is 0. The minimum absolute atomic E-state index is 0.0868. The Balaban J connectivity index is 1.39. The largest absolute Gasteiger partial charge is 0.507 e. The molecule has 1 heterocycles. The van der Waals surface area contributed by atoms with Crippen LogP contribution in [-0.4, -0.2) is 27.0 Å². The van der Waals surface area contributed by atoms with Gasteiger partial charge in [-0.2, -0.15) is 10.2 Å². The lowest BCUT2D eigenvalue weighted by molar-refractivity contribution is 0.0949. The van der Waals surface area contributed by atoms with Gasteiger partial charge in [-0.15, -0.1) is 0 Å². The van der Waals surface area contributed by atoms with Gasteiger partial charge in [-0.25, -0.2) is 10.1 Å². The van der Waals surface area contributed by atoms with E-state index < -0.39 is 5.91 Å². The molecule has 38 heavy (non-hydrogen) atoms. The number of phenols is 1. The van der Waals surface area contributed by atoms with Gasteiger partial charge in [-0.3, -0.25) is 4.79 Å². The fourth-order valence-corrected chi connectivity index (χ4v) is 4.75. The second-order valence-corrected chi connectivity index (χ2v) is 9.06. The molecule has 6 rings (SSSR count). The summed E-state index contributed by atoms with van der Waals surface area (Å²) in [5, 5.41) is 23.2. The van der Waals surface area contributed by atoms with Crippen LogP contribution in [0.3, 0.4) is 0 Å². The van der Waals surface area contributed by atoms with E-state index in [4.69, 9.17) is 5.10 Å². The van der Waals surface area contributed by atoms with Crippen molar-refractivity contribution in [2.75, 3.05) is 0 Å². The Morgan fingerprint density at radius 1 is 0.842 bits per heavy atom. The zero-order valence-electron chi connectivity index (χ0n) is 20.7. The molecular weight excluding hydrogens is 472 g/mol. The fourth-order valence-electron chi connectivity index (χ4n) is 4.75. The van der Waals surface area contributed by atoms with Gasteiger partial charge in [0.15, 0.2) is 5.69 Å². The number of carbonyl (C=O) groups excluding carboxylic acids is 1. The molecule has 2 N–H and O–H groups in total. The van der Waals surface area contributed by atoms with Crippen molar-refractivity contribution in [3.05, 3.63) is 126 Å². The van der Waals surface area contributed by atoms with E-state index in [1.165, 1.54) is 6.21 Å². The predicted molar refractivity (Wildman–Crippen MR) is 152 cm³/mol. The van der Waals surface area contributed by atoms with Crippen molar-refractivity contribution in [1.29, 1.82) is 0 Å². The van der Waals surface area contributed by atoms with E-state index in [1.54, 1.807) is 12.1 Å². The zero-order chi connectivity index (χ0) is 26.1. The van der Waals surface area contributed by atoms with Gasteiger partial charge in [-0.05, 0) is 52.2 Å². The Kier molecular flexibility index (Phi) is 5.90. The maximum Gasteiger partial charge on any atom is 0.291 e. The van der Waals surface area contributed by atoms with Crippen molar-refractivity contribution in [2.45, 2.75) is 6.92 Å². The van der Waals surface area contributed by atoms with Crippen LogP contribution in [0.25, 0.3) is 38.5 Å². The van der Waals surface area contributed by atoms with Crippen molar-refractivity contribution in [1.82, 2.24) is 15.2 Å². The number of benzene rings is 5. The topological polar surface area (TPSA) is 79.5 Å². The van der Waals surface area contributed by atoms with Crippen LogP contribution in [0.15, 0.2) is 114 Å². The van der Waals surface area contributed by atoms with E-state index >= 15 is 0 Å². The highest BCUT2D eigenvalue weighted by molar-refractivity contribution is 6.03. The highest BCUT2D eigenvalue weighted by atomic mass is 16.3. The second-order valence-electron chi connectivity index (χ2n) is 9.06. The van der Waals surface area contributed by atoms with Crippen molar-refractivity contribution in [3.63, 3.8) is 0 Å². The summed E-state index contributed by atoms with van der Waals surface area (Å²) in [6.07, 6.45) is 1.46. The average Bonchev–Trinajstić information content (AvgIpc) is 3.39. The number of nitrogens with zero attached hydrogens (tertiary/aromatic N) is 3. The molecule has 0 atom stereocenters. The number of phenolic OH excluding ortho intramolecular Hbond substituents is 1. The summed E-state index contributed by atoms with van der Waals surface area (Å²) in [4.78, 5) is 13.2. The quantitative estimate of drug-likeness (QED) is 0.208. The van der Waals surface area contributed by atoms with Crippen LogP contribution in [0.1, 0.15) is 21.6 Å². The van der Waals surface area contributed by atoms with E-state index in [9.17, 15) is 9.90 Å². The first kappa shape index (κ1) is 23.2. The third-order valence-electron chi connectivity index (χ3n) is 6.66.